The maximum Gasteiger partial charge on any atom is 0.331 e. The van der Waals surface area contributed by atoms with Gasteiger partial charge < -0.3 is 9.84 Å². The van der Waals surface area contributed by atoms with Crippen LogP contribution in [0, 0.1) is 0 Å². The van der Waals surface area contributed by atoms with E-state index in [1.54, 1.807) is 0 Å². The van der Waals surface area contributed by atoms with E-state index in [2.05, 4.69) is 13.8 Å². The number of unbranched alkanes of at least 4 members (excludes halogenated alkanes) is 10. The summed E-state index contributed by atoms with van der Waals surface area (Å²) >= 11 is 0. The molecule has 0 atom stereocenters. The van der Waals surface area contributed by atoms with Gasteiger partial charge >= 0.3 is 11.9 Å². The molecule has 4 heteroatoms. The molecule has 1 N–H and O–H groups in total. The zero-order chi connectivity index (χ0) is 21.5. The maximum absolute atomic E-state index is 10.9. The Balaban J connectivity index is 0. The van der Waals surface area contributed by atoms with Crippen molar-refractivity contribution >= 4 is 11.9 Å². The van der Waals surface area contributed by atoms with Gasteiger partial charge in [-0.05, 0) is 39.0 Å². The summed E-state index contributed by atoms with van der Waals surface area (Å²) in [6.07, 6.45) is 20.4. The first-order valence-corrected chi connectivity index (χ1v) is 11.3. The summed E-state index contributed by atoms with van der Waals surface area (Å²) in [4.78, 5) is 21.5. The van der Waals surface area contributed by atoms with Gasteiger partial charge in [0.1, 0.15) is 0 Å². The van der Waals surface area contributed by atoms with Crippen LogP contribution in [0.3, 0.4) is 0 Å². The molecule has 0 aromatic heterocycles. The Bertz CT molecular complexity index is 422. The first kappa shape index (κ1) is 28.6. The normalized spacial score (nSPS) is 11.2. The van der Waals surface area contributed by atoms with E-state index in [9.17, 15) is 9.59 Å². The molecule has 0 aromatic carbocycles. The third-order valence-corrected chi connectivity index (χ3v) is 4.37. The third kappa shape index (κ3) is 22.5. The first-order chi connectivity index (χ1) is 13.5. The van der Waals surface area contributed by atoms with E-state index >= 15 is 0 Å². The highest BCUT2D eigenvalue weighted by molar-refractivity contribution is 5.86. The minimum Gasteiger partial charge on any atom is -0.478 e. The molecule has 0 aromatic rings. The Morgan fingerprint density at radius 2 is 1.32 bits per heavy atom. The van der Waals surface area contributed by atoms with E-state index in [1.165, 1.54) is 63.9 Å². The lowest BCUT2D eigenvalue weighted by molar-refractivity contribution is -0.137. The monoisotopic (exact) mass is 396 g/mol. The highest BCUT2D eigenvalue weighted by Crippen LogP contribution is 2.09. The Labute approximate surface area is 173 Å². The molecular formula is C24H44O4. The number of aliphatic carboxylic acids is 1. The summed E-state index contributed by atoms with van der Waals surface area (Å²) in [7, 11) is 0. The van der Waals surface area contributed by atoms with Gasteiger partial charge in [-0.1, -0.05) is 84.3 Å². The molecule has 0 spiro atoms. The number of hydrogen-bond donors (Lipinski definition) is 1. The van der Waals surface area contributed by atoms with Gasteiger partial charge in [-0.2, -0.15) is 0 Å². The van der Waals surface area contributed by atoms with Crippen LogP contribution in [-0.4, -0.2) is 23.7 Å². The van der Waals surface area contributed by atoms with Gasteiger partial charge in [-0.15, -0.1) is 0 Å². The second kappa shape index (κ2) is 23.5. The fourth-order valence-electron chi connectivity index (χ4n) is 2.64. The second-order valence-electron chi connectivity index (χ2n) is 6.95. The molecule has 0 rings (SSSR count). The Kier molecular flexibility index (Phi) is 24.0. The predicted molar refractivity (Wildman–Crippen MR) is 119 cm³/mol. The fourth-order valence-corrected chi connectivity index (χ4v) is 2.64. The minimum atomic E-state index is -0.763. The molecule has 0 fully saturated rings. The SMILES string of the molecule is CCCCCCCC=C(CC)C(=O)O.CCCCCCCC=CC(=O)OCC. The van der Waals surface area contributed by atoms with E-state index in [1.807, 2.05) is 26.0 Å². The van der Waals surface area contributed by atoms with Crippen molar-refractivity contribution in [2.45, 2.75) is 111 Å². The second-order valence-corrected chi connectivity index (χ2v) is 6.95. The number of allylic oxidation sites excluding steroid dienone is 2. The van der Waals surface area contributed by atoms with Crippen LogP contribution in [0.2, 0.25) is 0 Å². The lowest BCUT2D eigenvalue weighted by atomic mass is 10.1. The molecule has 0 aliphatic carbocycles. The van der Waals surface area contributed by atoms with Crippen molar-refractivity contribution in [1.29, 1.82) is 0 Å². The number of ether oxygens (including phenoxy) is 1. The molecule has 0 amide bonds. The standard InChI is InChI=1S/2C12H22O2/c1-3-5-6-7-8-9-10-11-12(13)14-4-2;1-3-5-6-7-8-9-10-11(4-2)12(13)14/h10-11H,3-9H2,1-2H3;10H,3-9H2,1-2H3,(H,13,14). The van der Waals surface area contributed by atoms with Crippen molar-refractivity contribution in [2.75, 3.05) is 6.61 Å². The third-order valence-electron chi connectivity index (χ3n) is 4.37. The van der Waals surface area contributed by atoms with Crippen molar-refractivity contribution in [1.82, 2.24) is 0 Å². The zero-order valence-corrected chi connectivity index (χ0v) is 18.8. The van der Waals surface area contributed by atoms with Crippen LogP contribution in [0.4, 0.5) is 0 Å². The molecule has 0 bridgehead atoms. The largest absolute Gasteiger partial charge is 0.478 e. The summed E-state index contributed by atoms with van der Waals surface area (Å²) in [6, 6.07) is 0. The molecule has 0 aliphatic rings. The molecular weight excluding hydrogens is 352 g/mol. The van der Waals surface area contributed by atoms with Crippen molar-refractivity contribution in [3.05, 3.63) is 23.8 Å². The van der Waals surface area contributed by atoms with Crippen LogP contribution >= 0.6 is 0 Å². The summed E-state index contributed by atoms with van der Waals surface area (Å²) in [5.41, 5.74) is 0.556. The van der Waals surface area contributed by atoms with E-state index < -0.39 is 5.97 Å². The van der Waals surface area contributed by atoms with Crippen molar-refractivity contribution < 1.29 is 19.4 Å². The Hall–Kier alpha value is -1.58. The summed E-state index contributed by atoms with van der Waals surface area (Å²) in [6.45, 7) is 8.56. The lowest BCUT2D eigenvalue weighted by Gasteiger charge is -1.99. The smallest absolute Gasteiger partial charge is 0.331 e. The molecule has 0 saturated heterocycles. The number of carboxylic acid groups (broad SMARTS) is 1. The van der Waals surface area contributed by atoms with Gasteiger partial charge in [-0.3, -0.25) is 0 Å². The van der Waals surface area contributed by atoms with E-state index in [0.717, 1.165) is 19.3 Å². The molecule has 164 valence electrons. The van der Waals surface area contributed by atoms with Gasteiger partial charge in [0.15, 0.2) is 0 Å². The molecule has 0 heterocycles. The number of rotatable bonds is 16. The number of hydrogen-bond acceptors (Lipinski definition) is 3. The lowest BCUT2D eigenvalue weighted by Crippen LogP contribution is -1.98. The van der Waals surface area contributed by atoms with Crippen LogP contribution in [-0.2, 0) is 14.3 Å². The minimum absolute atomic E-state index is 0.221. The van der Waals surface area contributed by atoms with Gasteiger partial charge in [0, 0.05) is 11.6 Å². The Morgan fingerprint density at radius 3 is 1.79 bits per heavy atom. The highest BCUT2D eigenvalue weighted by Gasteiger charge is 2.02. The molecule has 28 heavy (non-hydrogen) atoms. The van der Waals surface area contributed by atoms with Crippen LogP contribution in [0.25, 0.3) is 0 Å². The number of carboxylic acids is 1. The fraction of sp³-hybridized carbons (Fsp3) is 0.750. The highest BCUT2D eigenvalue weighted by atomic mass is 16.5. The molecule has 0 aliphatic heterocycles. The number of carbonyl (C=O) groups excluding carboxylic acids is 1. The van der Waals surface area contributed by atoms with Crippen molar-refractivity contribution in [2.24, 2.45) is 0 Å². The van der Waals surface area contributed by atoms with Crippen LogP contribution in [0.15, 0.2) is 23.8 Å². The molecule has 0 saturated carbocycles. The summed E-state index contributed by atoms with van der Waals surface area (Å²) in [5, 5.41) is 8.75. The van der Waals surface area contributed by atoms with Crippen LogP contribution in [0.5, 0.6) is 0 Å². The van der Waals surface area contributed by atoms with E-state index in [4.69, 9.17) is 9.84 Å². The summed E-state index contributed by atoms with van der Waals surface area (Å²) in [5.74, 6) is -0.984. The quantitative estimate of drug-likeness (QED) is 0.170. The van der Waals surface area contributed by atoms with E-state index in [-0.39, 0.29) is 5.97 Å². The van der Waals surface area contributed by atoms with Gasteiger partial charge in [0.2, 0.25) is 0 Å². The van der Waals surface area contributed by atoms with Crippen molar-refractivity contribution in [3.63, 3.8) is 0 Å². The molecule has 0 radical (unpaired) electrons. The predicted octanol–water partition coefficient (Wildman–Crippen LogP) is 7.23. The number of carbonyl (C=O) groups is 2. The van der Waals surface area contributed by atoms with Crippen LogP contribution in [0.1, 0.15) is 111 Å². The summed E-state index contributed by atoms with van der Waals surface area (Å²) < 4.78 is 4.76. The first-order valence-electron chi connectivity index (χ1n) is 11.3. The molecule has 4 nitrogen and oxygen atoms in total. The van der Waals surface area contributed by atoms with Gasteiger partial charge in [-0.25, -0.2) is 9.59 Å². The van der Waals surface area contributed by atoms with Crippen molar-refractivity contribution in [3.8, 4) is 0 Å². The van der Waals surface area contributed by atoms with E-state index in [0.29, 0.717) is 18.6 Å². The maximum atomic E-state index is 10.9. The van der Waals surface area contributed by atoms with Crippen LogP contribution < -0.4 is 0 Å². The topological polar surface area (TPSA) is 63.6 Å². The average Bonchev–Trinajstić information content (AvgIpc) is 2.67. The number of esters is 1. The average molecular weight is 397 g/mol. The molecule has 0 unspecified atom stereocenters. The van der Waals surface area contributed by atoms with Gasteiger partial charge in [0.05, 0.1) is 6.61 Å². The Morgan fingerprint density at radius 1 is 0.786 bits per heavy atom. The zero-order valence-electron chi connectivity index (χ0n) is 18.8. The van der Waals surface area contributed by atoms with Gasteiger partial charge in [0.25, 0.3) is 0 Å².